The van der Waals surface area contributed by atoms with E-state index in [1.165, 1.54) is 24.0 Å². The molecule has 0 spiro atoms. The van der Waals surface area contributed by atoms with Crippen molar-refractivity contribution in [1.29, 1.82) is 0 Å². The monoisotopic (exact) mass is 444 g/mol. The van der Waals surface area contributed by atoms with Crippen molar-refractivity contribution in [2.24, 2.45) is 0 Å². The first-order chi connectivity index (χ1) is 15.4. The second-order valence-electron chi connectivity index (χ2n) is 7.24. The summed E-state index contributed by atoms with van der Waals surface area (Å²) in [6.45, 7) is 2.39. The maximum Gasteiger partial charge on any atom is 0.344 e. The number of halogens is 2. The van der Waals surface area contributed by atoms with Gasteiger partial charge in [0.25, 0.3) is 0 Å². The molecule has 0 bridgehead atoms. The van der Waals surface area contributed by atoms with Crippen LogP contribution in [0.25, 0.3) is 5.52 Å². The van der Waals surface area contributed by atoms with E-state index in [1.54, 1.807) is 13.0 Å². The Labute approximate surface area is 182 Å². The molecule has 168 valence electrons. The number of nitrogens with zero attached hydrogens (tertiary/aromatic N) is 4. The number of ether oxygens (including phenoxy) is 1. The molecular weight excluding hydrogens is 422 g/mol. The molecule has 32 heavy (non-hydrogen) atoms. The molecule has 11 heteroatoms. The van der Waals surface area contributed by atoms with Crippen molar-refractivity contribution in [2.45, 2.75) is 25.8 Å². The Bertz CT molecular complexity index is 1180. The Hall–Kier alpha value is -3.76. The molecule has 1 unspecified atom stereocenters. The molecule has 2 aromatic heterocycles. The summed E-state index contributed by atoms with van der Waals surface area (Å²) in [6.07, 6.45) is 2.79. The molecular formula is C21H22F2N6O3. The number of carbonyl (C=O) groups excluding carboxylic acids is 2. The molecule has 1 aliphatic heterocycles. The van der Waals surface area contributed by atoms with Crippen LogP contribution in [0.5, 0.6) is 0 Å². The van der Waals surface area contributed by atoms with Gasteiger partial charge in [0.2, 0.25) is 0 Å². The third-order valence-electron chi connectivity index (χ3n) is 5.32. The van der Waals surface area contributed by atoms with Crippen LogP contribution >= 0.6 is 0 Å². The van der Waals surface area contributed by atoms with E-state index in [0.29, 0.717) is 24.3 Å². The Kier molecular flexibility index (Phi) is 5.89. The molecule has 0 aliphatic carbocycles. The fraction of sp³-hybridized carbons (Fsp3) is 0.333. The summed E-state index contributed by atoms with van der Waals surface area (Å²) < 4.78 is 34.7. The number of rotatable bonds is 5. The number of hydrogen-bond donors (Lipinski definition) is 2. The summed E-state index contributed by atoms with van der Waals surface area (Å²) in [5, 5.41) is 9.14. The molecule has 0 radical (unpaired) electrons. The first-order valence-corrected chi connectivity index (χ1v) is 10.2. The maximum atomic E-state index is 14.4. The zero-order valence-electron chi connectivity index (χ0n) is 17.6. The second kappa shape index (κ2) is 8.77. The number of aromatic nitrogens is 3. The lowest BCUT2D eigenvalue weighted by molar-refractivity contribution is 0.0530. The van der Waals surface area contributed by atoms with Gasteiger partial charge in [0, 0.05) is 25.2 Å². The van der Waals surface area contributed by atoms with E-state index in [0.717, 1.165) is 18.6 Å². The van der Waals surface area contributed by atoms with Gasteiger partial charge < -0.3 is 15.0 Å². The topological polar surface area (TPSA) is 101 Å². The number of amides is 2. The van der Waals surface area contributed by atoms with Crippen molar-refractivity contribution in [3.63, 3.8) is 0 Å². The number of anilines is 2. The van der Waals surface area contributed by atoms with Gasteiger partial charge in [-0.05, 0) is 38.0 Å². The number of fused-ring (bicyclic) bond motifs is 1. The summed E-state index contributed by atoms with van der Waals surface area (Å²) in [7, 11) is 1.44. The number of esters is 1. The highest BCUT2D eigenvalue weighted by Crippen LogP contribution is 2.37. The molecule has 0 saturated carbocycles. The van der Waals surface area contributed by atoms with Crippen molar-refractivity contribution < 1.29 is 23.1 Å². The summed E-state index contributed by atoms with van der Waals surface area (Å²) in [5.41, 5.74) is 0.697. The molecule has 2 N–H and O–H groups in total. The van der Waals surface area contributed by atoms with Crippen molar-refractivity contribution in [3.8, 4) is 0 Å². The van der Waals surface area contributed by atoms with Crippen LogP contribution in [0.15, 0.2) is 30.6 Å². The number of hydrogen-bond acceptors (Lipinski definition) is 6. The largest absolute Gasteiger partial charge is 0.462 e. The highest BCUT2D eigenvalue weighted by atomic mass is 19.1. The standard InChI is InChI=1S/C21H22F2N6O3/c1-3-32-20(30)18-16-10-17(25-11-29(16)27-19(18)26-21(31)24-2)28-8-4-5-15(28)13-9-12(22)6-7-14(13)23/h6-7,9-11,15H,3-5,8H2,1-2H3,(H2,24,26,27,31). The van der Waals surface area contributed by atoms with E-state index in [-0.39, 0.29) is 23.6 Å². The van der Waals surface area contributed by atoms with E-state index in [4.69, 9.17) is 4.74 Å². The lowest BCUT2D eigenvalue weighted by Crippen LogP contribution is -2.25. The summed E-state index contributed by atoms with van der Waals surface area (Å²) in [6, 6.07) is 4.08. The van der Waals surface area contributed by atoms with Crippen molar-refractivity contribution in [1.82, 2.24) is 19.9 Å². The average molecular weight is 444 g/mol. The normalized spacial score (nSPS) is 15.8. The summed E-state index contributed by atoms with van der Waals surface area (Å²) in [5.74, 6) is -1.16. The Morgan fingerprint density at radius 1 is 1.28 bits per heavy atom. The molecule has 9 nitrogen and oxygen atoms in total. The van der Waals surface area contributed by atoms with Gasteiger partial charge >= 0.3 is 12.0 Å². The van der Waals surface area contributed by atoms with Gasteiger partial charge in [0.05, 0.1) is 18.2 Å². The molecule has 1 fully saturated rings. The third kappa shape index (κ3) is 3.93. The van der Waals surface area contributed by atoms with Crippen LogP contribution in [0, 0.1) is 11.6 Å². The van der Waals surface area contributed by atoms with E-state index >= 15 is 0 Å². The van der Waals surface area contributed by atoms with Gasteiger partial charge in [-0.15, -0.1) is 5.10 Å². The van der Waals surface area contributed by atoms with Gasteiger partial charge in [-0.25, -0.2) is 27.9 Å². The first kappa shape index (κ1) is 21.5. The van der Waals surface area contributed by atoms with Crippen molar-refractivity contribution in [3.05, 3.63) is 53.4 Å². The van der Waals surface area contributed by atoms with Crippen LogP contribution in [-0.4, -0.2) is 46.8 Å². The van der Waals surface area contributed by atoms with Crippen molar-refractivity contribution >= 4 is 29.2 Å². The molecule has 1 atom stereocenters. The lowest BCUT2D eigenvalue weighted by atomic mass is 10.0. The van der Waals surface area contributed by atoms with E-state index < -0.39 is 29.7 Å². The number of nitrogens with one attached hydrogen (secondary N) is 2. The fourth-order valence-corrected chi connectivity index (χ4v) is 3.90. The molecule has 3 heterocycles. The van der Waals surface area contributed by atoms with E-state index in [2.05, 4.69) is 20.7 Å². The highest BCUT2D eigenvalue weighted by molar-refractivity contribution is 6.05. The molecule has 4 rings (SSSR count). The molecule has 1 aromatic carbocycles. The van der Waals surface area contributed by atoms with Crippen LogP contribution in [0.3, 0.4) is 0 Å². The van der Waals surface area contributed by atoms with Crippen LogP contribution < -0.4 is 15.5 Å². The number of carbonyl (C=O) groups is 2. The first-order valence-electron chi connectivity index (χ1n) is 10.2. The Morgan fingerprint density at radius 3 is 2.84 bits per heavy atom. The minimum Gasteiger partial charge on any atom is -0.462 e. The van der Waals surface area contributed by atoms with Gasteiger partial charge in [0.1, 0.15) is 29.3 Å². The number of urea groups is 1. The predicted octanol–water partition coefficient (Wildman–Crippen LogP) is 3.28. The van der Waals surface area contributed by atoms with Crippen LogP contribution in [-0.2, 0) is 4.74 Å². The zero-order chi connectivity index (χ0) is 22.8. The fourth-order valence-electron chi connectivity index (χ4n) is 3.90. The minimum absolute atomic E-state index is 0.0240. The molecule has 3 aromatic rings. The minimum atomic E-state index is -0.653. The van der Waals surface area contributed by atoms with Crippen LogP contribution in [0.1, 0.15) is 41.7 Å². The van der Waals surface area contributed by atoms with E-state index in [1.807, 2.05) is 4.90 Å². The lowest BCUT2D eigenvalue weighted by Gasteiger charge is -2.26. The van der Waals surface area contributed by atoms with Gasteiger partial charge in [-0.2, -0.15) is 0 Å². The summed E-state index contributed by atoms with van der Waals surface area (Å²) in [4.78, 5) is 30.7. The van der Waals surface area contributed by atoms with Crippen molar-refractivity contribution in [2.75, 3.05) is 30.4 Å². The maximum absolute atomic E-state index is 14.4. The molecule has 1 aliphatic rings. The Balaban J connectivity index is 1.78. The van der Waals surface area contributed by atoms with Gasteiger partial charge in [0.15, 0.2) is 5.82 Å². The quantitative estimate of drug-likeness (QED) is 0.586. The zero-order valence-corrected chi connectivity index (χ0v) is 17.6. The van der Waals surface area contributed by atoms with Gasteiger partial charge in [-0.1, -0.05) is 0 Å². The van der Waals surface area contributed by atoms with E-state index in [9.17, 15) is 18.4 Å². The SMILES string of the molecule is CCOC(=O)c1c(NC(=O)NC)nn2cnc(N3CCCC3c3cc(F)ccc3F)cc12. The predicted molar refractivity (Wildman–Crippen MR) is 113 cm³/mol. The third-order valence-corrected chi connectivity index (χ3v) is 5.32. The van der Waals surface area contributed by atoms with Crippen LogP contribution in [0.2, 0.25) is 0 Å². The summed E-state index contributed by atoms with van der Waals surface area (Å²) >= 11 is 0. The molecule has 2 amide bonds. The van der Waals surface area contributed by atoms with Gasteiger partial charge in [-0.3, -0.25) is 5.32 Å². The highest BCUT2D eigenvalue weighted by Gasteiger charge is 2.31. The number of benzene rings is 1. The van der Waals surface area contributed by atoms with Crippen LogP contribution in [0.4, 0.5) is 25.2 Å². The molecule has 1 saturated heterocycles. The Morgan fingerprint density at radius 2 is 2.09 bits per heavy atom. The average Bonchev–Trinajstić information content (AvgIpc) is 3.39. The second-order valence-corrected chi connectivity index (χ2v) is 7.24. The smallest absolute Gasteiger partial charge is 0.344 e.